The van der Waals surface area contributed by atoms with Crippen LogP contribution in [0.2, 0.25) is 0 Å². The molecule has 2 amide bonds. The van der Waals surface area contributed by atoms with Gasteiger partial charge in [-0.2, -0.15) is 0 Å². The Bertz CT molecular complexity index is 394. The number of hydrogen-bond donors (Lipinski definition) is 3. The maximum Gasteiger partial charge on any atom is 0.319 e. The van der Waals surface area contributed by atoms with Crippen LogP contribution in [-0.2, 0) is 0 Å². The number of carbonyl (C=O) groups is 1. The highest BCUT2D eigenvalue weighted by Gasteiger charge is 2.03. The Kier molecular flexibility index (Phi) is 6.74. The number of aliphatic hydroxyl groups excluding tert-OH is 1. The molecule has 0 saturated carbocycles. The molecule has 1 unspecified atom stereocenters. The van der Waals surface area contributed by atoms with Crippen LogP contribution in [0.15, 0.2) is 24.3 Å². The predicted molar refractivity (Wildman–Crippen MR) is 75.5 cm³/mol. The fraction of sp³-hybridized carbons (Fsp3) is 0.500. The average Bonchev–Trinajstić information content (AvgIpc) is 2.36. The number of carbonyl (C=O) groups excluding carboxylic acids is 1. The number of hydrogen-bond acceptors (Lipinski definition) is 3. The molecule has 0 radical (unpaired) electrons. The van der Waals surface area contributed by atoms with Crippen LogP contribution in [0.3, 0.4) is 0 Å². The molecule has 5 nitrogen and oxygen atoms in total. The van der Waals surface area contributed by atoms with Crippen molar-refractivity contribution in [1.29, 1.82) is 0 Å². The van der Waals surface area contributed by atoms with E-state index in [0.717, 1.165) is 12.2 Å². The summed E-state index contributed by atoms with van der Waals surface area (Å²) in [6.07, 6.45) is 1.07. The van der Waals surface area contributed by atoms with Crippen molar-refractivity contribution in [2.45, 2.75) is 32.8 Å². The van der Waals surface area contributed by atoms with Crippen molar-refractivity contribution in [2.24, 2.45) is 0 Å². The Balaban J connectivity index is 2.40. The molecule has 106 valence electrons. The molecule has 0 spiro atoms. The van der Waals surface area contributed by atoms with Gasteiger partial charge in [-0.25, -0.2) is 4.79 Å². The first-order chi connectivity index (χ1) is 9.11. The van der Waals surface area contributed by atoms with E-state index in [2.05, 4.69) is 10.6 Å². The highest BCUT2D eigenvalue weighted by molar-refractivity contribution is 5.89. The number of rotatable bonds is 7. The summed E-state index contributed by atoms with van der Waals surface area (Å²) in [5.41, 5.74) is 0.683. The van der Waals surface area contributed by atoms with E-state index in [1.54, 1.807) is 19.1 Å². The topological polar surface area (TPSA) is 70.6 Å². The summed E-state index contributed by atoms with van der Waals surface area (Å²) in [4.78, 5) is 11.6. The third-order valence-electron chi connectivity index (χ3n) is 2.41. The Morgan fingerprint density at radius 1 is 1.47 bits per heavy atom. The molecule has 0 aliphatic rings. The first-order valence-electron chi connectivity index (χ1n) is 6.57. The smallest absolute Gasteiger partial charge is 0.319 e. The molecule has 0 aromatic heterocycles. The van der Waals surface area contributed by atoms with E-state index < -0.39 is 6.10 Å². The lowest BCUT2D eigenvalue weighted by Crippen LogP contribution is -2.30. The van der Waals surface area contributed by atoms with Crippen molar-refractivity contribution in [1.82, 2.24) is 5.32 Å². The molecular weight excluding hydrogens is 244 g/mol. The monoisotopic (exact) mass is 266 g/mol. The van der Waals surface area contributed by atoms with Crippen LogP contribution < -0.4 is 15.4 Å². The molecule has 5 heteroatoms. The normalized spacial score (nSPS) is 11.7. The van der Waals surface area contributed by atoms with Gasteiger partial charge in [0.15, 0.2) is 0 Å². The van der Waals surface area contributed by atoms with E-state index in [1.807, 2.05) is 19.1 Å². The number of ether oxygens (including phenoxy) is 1. The van der Waals surface area contributed by atoms with Crippen molar-refractivity contribution in [3.05, 3.63) is 24.3 Å². The van der Waals surface area contributed by atoms with Crippen LogP contribution in [-0.4, -0.2) is 30.4 Å². The summed E-state index contributed by atoms with van der Waals surface area (Å²) in [5.74, 6) is 0.739. The second kappa shape index (κ2) is 8.37. The third-order valence-corrected chi connectivity index (χ3v) is 2.41. The minimum Gasteiger partial charge on any atom is -0.494 e. The largest absolute Gasteiger partial charge is 0.494 e. The molecule has 0 heterocycles. The molecule has 1 aromatic carbocycles. The van der Waals surface area contributed by atoms with Crippen molar-refractivity contribution in [2.75, 3.05) is 18.5 Å². The third kappa shape index (κ3) is 6.67. The molecule has 1 aromatic rings. The predicted octanol–water partition coefficient (Wildman–Crippen LogP) is 2.37. The standard InChI is InChI=1S/C14H22N2O3/c1-3-9-19-13-6-4-5-12(10-13)16-14(18)15-8-7-11(2)17/h4-6,10-11,17H,3,7-9H2,1-2H3,(H2,15,16,18). The quantitative estimate of drug-likeness (QED) is 0.709. The van der Waals surface area contributed by atoms with Gasteiger partial charge in [-0.3, -0.25) is 0 Å². The number of nitrogens with one attached hydrogen (secondary N) is 2. The van der Waals surface area contributed by atoms with Crippen LogP contribution in [0, 0.1) is 0 Å². The van der Waals surface area contributed by atoms with E-state index in [4.69, 9.17) is 9.84 Å². The molecular formula is C14H22N2O3. The van der Waals surface area contributed by atoms with Crippen LogP contribution in [0.1, 0.15) is 26.7 Å². The van der Waals surface area contributed by atoms with Gasteiger partial charge >= 0.3 is 6.03 Å². The molecule has 0 bridgehead atoms. The second-order valence-electron chi connectivity index (χ2n) is 4.39. The molecule has 0 saturated heterocycles. The van der Waals surface area contributed by atoms with Gasteiger partial charge in [0.05, 0.1) is 12.7 Å². The molecule has 0 aliphatic carbocycles. The summed E-state index contributed by atoms with van der Waals surface area (Å²) in [7, 11) is 0. The van der Waals surface area contributed by atoms with Gasteiger partial charge in [-0.15, -0.1) is 0 Å². The van der Waals surface area contributed by atoms with Gasteiger partial charge in [0, 0.05) is 18.3 Å². The molecule has 3 N–H and O–H groups in total. The van der Waals surface area contributed by atoms with Gasteiger partial charge in [0.25, 0.3) is 0 Å². The fourth-order valence-electron chi connectivity index (χ4n) is 1.45. The minimum absolute atomic E-state index is 0.284. The number of anilines is 1. The van der Waals surface area contributed by atoms with Crippen molar-refractivity contribution in [3.63, 3.8) is 0 Å². The number of urea groups is 1. The summed E-state index contributed by atoms with van der Waals surface area (Å²) < 4.78 is 5.49. The van der Waals surface area contributed by atoms with E-state index in [0.29, 0.717) is 25.3 Å². The highest BCUT2D eigenvalue weighted by atomic mass is 16.5. The van der Waals surface area contributed by atoms with Gasteiger partial charge < -0.3 is 20.5 Å². The van der Waals surface area contributed by atoms with E-state index in [-0.39, 0.29) is 6.03 Å². The SMILES string of the molecule is CCCOc1cccc(NC(=O)NCCC(C)O)c1. The second-order valence-corrected chi connectivity index (χ2v) is 4.39. The van der Waals surface area contributed by atoms with Crippen LogP contribution in [0.5, 0.6) is 5.75 Å². The number of amides is 2. The molecule has 1 rings (SSSR count). The first-order valence-corrected chi connectivity index (χ1v) is 6.57. The summed E-state index contributed by atoms with van der Waals surface area (Å²) in [5, 5.41) is 14.5. The number of aliphatic hydroxyl groups is 1. The van der Waals surface area contributed by atoms with Crippen LogP contribution in [0.25, 0.3) is 0 Å². The summed E-state index contributed by atoms with van der Waals surface area (Å²) >= 11 is 0. The minimum atomic E-state index is -0.411. The van der Waals surface area contributed by atoms with Gasteiger partial charge in [-0.1, -0.05) is 13.0 Å². The molecule has 19 heavy (non-hydrogen) atoms. The zero-order valence-corrected chi connectivity index (χ0v) is 11.5. The van der Waals surface area contributed by atoms with Gasteiger partial charge in [0.2, 0.25) is 0 Å². The summed E-state index contributed by atoms with van der Waals surface area (Å²) in [6, 6.07) is 6.98. The van der Waals surface area contributed by atoms with Crippen molar-refractivity contribution in [3.8, 4) is 5.75 Å². The van der Waals surface area contributed by atoms with E-state index in [9.17, 15) is 4.79 Å². The molecule has 0 fully saturated rings. The zero-order valence-electron chi connectivity index (χ0n) is 11.5. The Hall–Kier alpha value is -1.75. The Labute approximate surface area is 114 Å². The molecule has 1 atom stereocenters. The van der Waals surface area contributed by atoms with Crippen molar-refractivity contribution >= 4 is 11.7 Å². The van der Waals surface area contributed by atoms with Gasteiger partial charge in [0.1, 0.15) is 5.75 Å². The zero-order chi connectivity index (χ0) is 14.1. The lowest BCUT2D eigenvalue weighted by atomic mass is 10.3. The van der Waals surface area contributed by atoms with Gasteiger partial charge in [-0.05, 0) is 31.9 Å². The molecule has 0 aliphatic heterocycles. The van der Waals surface area contributed by atoms with Crippen molar-refractivity contribution < 1.29 is 14.6 Å². The Morgan fingerprint density at radius 2 is 2.26 bits per heavy atom. The lowest BCUT2D eigenvalue weighted by Gasteiger charge is -2.10. The number of benzene rings is 1. The fourth-order valence-corrected chi connectivity index (χ4v) is 1.45. The first kappa shape index (κ1) is 15.3. The summed E-state index contributed by atoms with van der Waals surface area (Å²) in [6.45, 7) is 4.82. The maximum atomic E-state index is 11.6. The Morgan fingerprint density at radius 3 is 2.95 bits per heavy atom. The maximum absolute atomic E-state index is 11.6. The van der Waals surface area contributed by atoms with E-state index in [1.165, 1.54) is 0 Å². The van der Waals surface area contributed by atoms with Crippen LogP contribution in [0.4, 0.5) is 10.5 Å². The van der Waals surface area contributed by atoms with Crippen LogP contribution >= 0.6 is 0 Å². The van der Waals surface area contributed by atoms with E-state index >= 15 is 0 Å². The lowest BCUT2D eigenvalue weighted by molar-refractivity contribution is 0.184. The average molecular weight is 266 g/mol. The highest BCUT2D eigenvalue weighted by Crippen LogP contribution is 2.17.